The summed E-state index contributed by atoms with van der Waals surface area (Å²) in [6.45, 7) is 6.57. The Balaban J connectivity index is 1.39. The Morgan fingerprint density at radius 3 is 2.44 bits per heavy atom. The predicted octanol–water partition coefficient (Wildman–Crippen LogP) is 4.67. The lowest BCUT2D eigenvalue weighted by molar-refractivity contribution is -0.121. The number of hydrogen-bond donors (Lipinski definition) is 3. The third-order valence-electron chi connectivity index (χ3n) is 6.27. The van der Waals surface area contributed by atoms with Crippen molar-refractivity contribution in [2.45, 2.75) is 33.2 Å². The maximum absolute atomic E-state index is 12.6. The fourth-order valence-corrected chi connectivity index (χ4v) is 4.21. The van der Waals surface area contributed by atoms with Crippen LogP contribution in [0.1, 0.15) is 42.1 Å². The van der Waals surface area contributed by atoms with Gasteiger partial charge in [0.25, 0.3) is 0 Å². The molecule has 8 nitrogen and oxygen atoms in total. The van der Waals surface area contributed by atoms with Crippen molar-refractivity contribution in [3.8, 4) is 17.0 Å². The molecule has 0 aliphatic heterocycles. The highest BCUT2D eigenvalue weighted by Crippen LogP contribution is 2.32. The number of aromatic nitrogens is 1. The fraction of sp³-hybridized carbons (Fsp3) is 0.286. The second kappa shape index (κ2) is 11.6. The van der Waals surface area contributed by atoms with Crippen LogP contribution in [0.2, 0.25) is 0 Å². The fourth-order valence-electron chi connectivity index (χ4n) is 4.21. The molecule has 2 aromatic carbocycles. The number of hydrogen-bond acceptors (Lipinski definition) is 5. The number of carbonyl (C=O) groups excluding carboxylic acids is 2. The molecule has 0 spiro atoms. The molecule has 2 heterocycles. The average molecular weight is 489 g/mol. The van der Waals surface area contributed by atoms with Gasteiger partial charge >= 0.3 is 5.91 Å². The van der Waals surface area contributed by atoms with Gasteiger partial charge in [0.05, 0.1) is 13.7 Å². The third kappa shape index (κ3) is 5.78. The summed E-state index contributed by atoms with van der Waals surface area (Å²) in [7, 11) is 1.64. The molecule has 0 saturated carbocycles. The van der Waals surface area contributed by atoms with E-state index < -0.39 is 5.91 Å². The summed E-state index contributed by atoms with van der Waals surface area (Å²) in [5.74, 6) is 0.879. The lowest BCUT2D eigenvalue weighted by Gasteiger charge is -2.15. The van der Waals surface area contributed by atoms with Crippen LogP contribution in [-0.4, -0.2) is 41.9 Å². The van der Waals surface area contributed by atoms with Crippen molar-refractivity contribution in [2.24, 2.45) is 0 Å². The molecule has 8 heteroatoms. The van der Waals surface area contributed by atoms with Crippen LogP contribution in [0.25, 0.3) is 22.2 Å². The summed E-state index contributed by atoms with van der Waals surface area (Å²) in [4.78, 5) is 30.7. The van der Waals surface area contributed by atoms with Gasteiger partial charge < -0.3 is 14.1 Å². The highest BCUT2D eigenvalue weighted by molar-refractivity contribution is 5.94. The van der Waals surface area contributed by atoms with E-state index in [4.69, 9.17) is 9.15 Å². The Bertz CT molecular complexity index is 1320. The Morgan fingerprint density at radius 2 is 1.72 bits per heavy atom. The summed E-state index contributed by atoms with van der Waals surface area (Å²) in [5, 5.41) is 1.07. The molecule has 2 aromatic heterocycles. The van der Waals surface area contributed by atoms with Crippen LogP contribution in [0.3, 0.4) is 0 Å². The normalized spacial score (nSPS) is 11.1. The number of H-pyrrole nitrogens is 1. The number of nitrogens with zero attached hydrogens (tertiary/aromatic N) is 1. The van der Waals surface area contributed by atoms with Gasteiger partial charge in [-0.2, -0.15) is 0 Å². The first kappa shape index (κ1) is 25.1. The van der Waals surface area contributed by atoms with Crippen LogP contribution in [0, 0.1) is 0 Å². The summed E-state index contributed by atoms with van der Waals surface area (Å²) < 4.78 is 10.9. The van der Waals surface area contributed by atoms with Crippen LogP contribution in [0.5, 0.6) is 5.75 Å². The van der Waals surface area contributed by atoms with Gasteiger partial charge in [-0.05, 0) is 73.1 Å². The van der Waals surface area contributed by atoms with Crippen LogP contribution >= 0.6 is 0 Å². The molecule has 3 N–H and O–H groups in total. The summed E-state index contributed by atoms with van der Waals surface area (Å²) >= 11 is 0. The van der Waals surface area contributed by atoms with Crippen molar-refractivity contribution in [3.63, 3.8) is 0 Å². The number of nitrogens with one attached hydrogen (secondary N) is 3. The van der Waals surface area contributed by atoms with Crippen LogP contribution in [0.4, 0.5) is 0 Å². The van der Waals surface area contributed by atoms with E-state index >= 15 is 0 Å². The van der Waals surface area contributed by atoms with Crippen molar-refractivity contribution in [1.82, 2.24) is 20.7 Å². The average Bonchev–Trinajstić information content (AvgIpc) is 3.54. The number of ether oxygens (including phenoxy) is 1. The number of benzene rings is 2. The lowest BCUT2D eigenvalue weighted by atomic mass is 10.0. The third-order valence-corrected chi connectivity index (χ3v) is 6.27. The zero-order valence-electron chi connectivity index (χ0n) is 20.9. The summed E-state index contributed by atoms with van der Waals surface area (Å²) in [5.41, 5.74) is 8.98. The van der Waals surface area contributed by atoms with Gasteiger partial charge in [-0.25, -0.2) is 0 Å². The number of carbonyl (C=O) groups is 2. The lowest BCUT2D eigenvalue weighted by Crippen LogP contribution is -2.41. The zero-order valence-corrected chi connectivity index (χ0v) is 20.9. The maximum Gasteiger partial charge on any atom is 0.305 e. The standard InChI is InChI=1S/C28H32N4O4/c1-4-32(5-2)18-21-14-16-25(36-21)28(34)31-30-26(33)17-15-23-22-8-6-7-9-24(22)29-27(23)19-10-12-20(35-3)13-11-19/h6-14,16,29H,4-5,15,17-18H2,1-3H3,(H,30,33)(H,31,34). The molecule has 0 aliphatic rings. The van der Waals surface area contributed by atoms with Crippen LogP contribution < -0.4 is 15.6 Å². The highest BCUT2D eigenvalue weighted by atomic mass is 16.5. The minimum absolute atomic E-state index is 0.163. The SMILES string of the molecule is CCN(CC)Cc1ccc(C(=O)NNC(=O)CCc2c(-c3ccc(OC)cc3)[nH]c3ccccc23)o1. The molecule has 0 aliphatic carbocycles. The number of furan rings is 1. The maximum atomic E-state index is 12.6. The molecule has 36 heavy (non-hydrogen) atoms. The van der Waals surface area contributed by atoms with Gasteiger partial charge in [0.1, 0.15) is 11.5 Å². The van der Waals surface area contributed by atoms with E-state index in [1.807, 2.05) is 48.5 Å². The Morgan fingerprint density at radius 1 is 0.972 bits per heavy atom. The van der Waals surface area contributed by atoms with Gasteiger partial charge in [0.2, 0.25) is 5.91 Å². The smallest absolute Gasteiger partial charge is 0.305 e. The molecule has 0 bridgehead atoms. The highest BCUT2D eigenvalue weighted by Gasteiger charge is 2.16. The van der Waals surface area contributed by atoms with Gasteiger partial charge in [0.15, 0.2) is 5.76 Å². The molecule has 0 fully saturated rings. The summed E-state index contributed by atoms with van der Waals surface area (Å²) in [6.07, 6.45) is 0.707. The number of hydrazine groups is 1. The van der Waals surface area contributed by atoms with Gasteiger partial charge in [-0.3, -0.25) is 25.3 Å². The second-order valence-corrected chi connectivity index (χ2v) is 8.48. The molecule has 188 valence electrons. The van der Waals surface area contributed by atoms with Crippen molar-refractivity contribution in [2.75, 3.05) is 20.2 Å². The molecule has 2 amide bonds. The number of fused-ring (bicyclic) bond motifs is 1. The minimum atomic E-state index is -0.486. The molecular formula is C28H32N4O4. The predicted molar refractivity (Wildman–Crippen MR) is 140 cm³/mol. The number of aryl methyl sites for hydroxylation is 1. The molecule has 4 aromatic rings. The topological polar surface area (TPSA) is 99.6 Å². The first-order valence-corrected chi connectivity index (χ1v) is 12.2. The van der Waals surface area contributed by atoms with E-state index in [1.165, 1.54) is 0 Å². The van der Waals surface area contributed by atoms with Gasteiger partial charge in [-0.15, -0.1) is 0 Å². The Hall–Kier alpha value is -4.04. The van der Waals surface area contributed by atoms with Crippen molar-refractivity contribution in [3.05, 3.63) is 77.7 Å². The van der Waals surface area contributed by atoms with Crippen molar-refractivity contribution >= 4 is 22.7 Å². The van der Waals surface area contributed by atoms with E-state index in [0.29, 0.717) is 18.7 Å². The van der Waals surface area contributed by atoms with Crippen molar-refractivity contribution in [1.29, 1.82) is 0 Å². The Labute approximate surface area is 210 Å². The monoisotopic (exact) mass is 488 g/mol. The van der Waals surface area contributed by atoms with Crippen molar-refractivity contribution < 1.29 is 18.7 Å². The number of methoxy groups -OCH3 is 1. The van der Waals surface area contributed by atoms with E-state index in [9.17, 15) is 9.59 Å². The summed E-state index contributed by atoms with van der Waals surface area (Å²) in [6, 6.07) is 19.2. The van der Waals surface area contributed by atoms with Gasteiger partial charge in [-0.1, -0.05) is 32.0 Å². The second-order valence-electron chi connectivity index (χ2n) is 8.48. The van der Waals surface area contributed by atoms with Gasteiger partial charge in [0, 0.05) is 23.0 Å². The zero-order chi connectivity index (χ0) is 25.5. The quantitative estimate of drug-likeness (QED) is 0.282. The molecular weight excluding hydrogens is 456 g/mol. The van der Waals surface area contributed by atoms with E-state index in [1.54, 1.807) is 19.2 Å². The molecule has 4 rings (SSSR count). The minimum Gasteiger partial charge on any atom is -0.497 e. The number of para-hydroxylation sites is 1. The van der Waals surface area contributed by atoms with E-state index in [-0.39, 0.29) is 18.1 Å². The molecule has 0 atom stereocenters. The van der Waals surface area contributed by atoms with Crippen LogP contribution in [-0.2, 0) is 17.8 Å². The number of rotatable bonds is 10. The first-order chi connectivity index (χ1) is 17.5. The Kier molecular flexibility index (Phi) is 8.07. The van der Waals surface area contributed by atoms with E-state index in [0.717, 1.165) is 46.6 Å². The molecule has 0 radical (unpaired) electrons. The largest absolute Gasteiger partial charge is 0.497 e. The van der Waals surface area contributed by atoms with E-state index in [2.05, 4.69) is 34.6 Å². The molecule has 0 unspecified atom stereocenters. The number of aromatic amines is 1. The molecule has 0 saturated heterocycles. The van der Waals surface area contributed by atoms with Crippen LogP contribution in [0.15, 0.2) is 65.1 Å². The first-order valence-electron chi connectivity index (χ1n) is 12.2. The number of amides is 2.